The van der Waals surface area contributed by atoms with Gasteiger partial charge in [-0.1, -0.05) is 19.1 Å². The quantitative estimate of drug-likeness (QED) is 0.774. The summed E-state index contributed by atoms with van der Waals surface area (Å²) < 4.78 is 20.6. The zero-order chi connectivity index (χ0) is 13.8. The van der Waals surface area contributed by atoms with Crippen molar-refractivity contribution in [2.75, 3.05) is 6.54 Å². The largest absolute Gasteiger partial charge is 0.457 e. The molecule has 19 heavy (non-hydrogen) atoms. The normalized spacial score (nSPS) is 12.6. The van der Waals surface area contributed by atoms with Crippen molar-refractivity contribution in [3.8, 4) is 0 Å². The molecule has 0 amide bonds. The van der Waals surface area contributed by atoms with Crippen molar-refractivity contribution >= 4 is 31.9 Å². The molecular weight excluding hydrogens is 377 g/mol. The maximum atomic E-state index is 14.3. The fourth-order valence-corrected chi connectivity index (χ4v) is 2.78. The molecule has 0 aliphatic rings. The maximum absolute atomic E-state index is 14.3. The summed E-state index contributed by atoms with van der Waals surface area (Å²) in [5.74, 6) is -0.246. The third-order valence-corrected chi connectivity index (χ3v) is 4.11. The highest BCUT2D eigenvalue weighted by Crippen LogP contribution is 2.32. The third-order valence-electron chi connectivity index (χ3n) is 2.85. The molecule has 1 aromatic carbocycles. The number of halogens is 3. The minimum absolute atomic E-state index is 0.231. The Kier molecular flexibility index (Phi) is 5.19. The van der Waals surface area contributed by atoms with Gasteiger partial charge in [0.2, 0.25) is 0 Å². The first-order valence-corrected chi connectivity index (χ1v) is 7.64. The summed E-state index contributed by atoms with van der Waals surface area (Å²) in [6.07, 6.45) is 2.57. The second-order valence-electron chi connectivity index (χ2n) is 4.18. The number of furan rings is 1. The van der Waals surface area contributed by atoms with Crippen LogP contribution in [0, 0.1) is 5.82 Å². The van der Waals surface area contributed by atoms with Crippen molar-refractivity contribution in [1.29, 1.82) is 0 Å². The van der Waals surface area contributed by atoms with Crippen LogP contribution in [0.3, 0.4) is 0 Å². The molecule has 2 rings (SSSR count). The molecule has 0 saturated heterocycles. The van der Waals surface area contributed by atoms with Crippen LogP contribution >= 0.6 is 31.9 Å². The molecule has 0 saturated carbocycles. The van der Waals surface area contributed by atoms with Crippen LogP contribution in [-0.2, 0) is 0 Å². The molecule has 0 radical (unpaired) electrons. The van der Waals surface area contributed by atoms with Crippen LogP contribution in [-0.4, -0.2) is 6.54 Å². The number of nitrogens with one attached hydrogen (secondary N) is 1. The van der Waals surface area contributed by atoms with Gasteiger partial charge in [-0.15, -0.1) is 0 Å². The molecule has 0 bridgehead atoms. The van der Waals surface area contributed by atoms with Gasteiger partial charge in [-0.05, 0) is 57.0 Å². The summed E-state index contributed by atoms with van der Waals surface area (Å²) in [5, 5.41) is 3.35. The van der Waals surface area contributed by atoms with E-state index in [0.29, 0.717) is 14.7 Å². The van der Waals surface area contributed by atoms with Gasteiger partial charge < -0.3 is 9.73 Å². The van der Waals surface area contributed by atoms with Crippen LogP contribution in [0.1, 0.15) is 30.5 Å². The molecule has 1 atom stereocenters. The van der Waals surface area contributed by atoms with Gasteiger partial charge in [0, 0.05) is 11.1 Å². The number of benzene rings is 1. The Morgan fingerprint density at radius 3 is 2.68 bits per heavy atom. The Balaban J connectivity index is 2.43. The topological polar surface area (TPSA) is 25.2 Å². The Bertz CT molecular complexity index is 556. The molecule has 1 aromatic heterocycles. The van der Waals surface area contributed by atoms with E-state index >= 15 is 0 Å². The number of hydrogen-bond acceptors (Lipinski definition) is 2. The zero-order valence-corrected chi connectivity index (χ0v) is 13.6. The SMILES string of the molecule is CCCNC(c1ccoc1Br)c1cccc(Br)c1F. The van der Waals surface area contributed by atoms with Gasteiger partial charge in [0.15, 0.2) is 4.67 Å². The Morgan fingerprint density at radius 1 is 1.26 bits per heavy atom. The lowest BCUT2D eigenvalue weighted by molar-refractivity contribution is 0.512. The highest BCUT2D eigenvalue weighted by molar-refractivity contribution is 9.10. The first-order chi connectivity index (χ1) is 9.15. The molecule has 0 spiro atoms. The lowest BCUT2D eigenvalue weighted by Crippen LogP contribution is -2.24. The molecule has 0 fully saturated rings. The monoisotopic (exact) mass is 389 g/mol. The highest BCUT2D eigenvalue weighted by atomic mass is 79.9. The van der Waals surface area contributed by atoms with Crippen molar-refractivity contribution in [2.24, 2.45) is 0 Å². The van der Waals surface area contributed by atoms with Gasteiger partial charge in [-0.2, -0.15) is 0 Å². The standard InChI is InChI=1S/C14H14Br2FNO/c1-2-7-18-13(10-6-8-19-14(10)16)9-4-3-5-11(15)12(9)17/h3-6,8,13,18H,2,7H2,1H3. The molecule has 1 N–H and O–H groups in total. The van der Waals surface area contributed by atoms with Crippen LogP contribution in [0.2, 0.25) is 0 Å². The number of rotatable bonds is 5. The van der Waals surface area contributed by atoms with Crippen molar-refractivity contribution < 1.29 is 8.81 Å². The summed E-state index contributed by atoms with van der Waals surface area (Å²) in [5.41, 5.74) is 1.50. The van der Waals surface area contributed by atoms with Crippen molar-refractivity contribution in [3.05, 3.63) is 56.6 Å². The van der Waals surface area contributed by atoms with Gasteiger partial charge in [0.05, 0.1) is 16.8 Å². The maximum Gasteiger partial charge on any atom is 0.174 e. The molecule has 1 heterocycles. The molecule has 0 aliphatic carbocycles. The molecular formula is C14H14Br2FNO. The molecule has 2 nitrogen and oxygen atoms in total. The van der Waals surface area contributed by atoms with Crippen LogP contribution in [0.15, 0.2) is 44.1 Å². The predicted molar refractivity (Wildman–Crippen MR) is 80.6 cm³/mol. The lowest BCUT2D eigenvalue weighted by atomic mass is 10.0. The van der Waals surface area contributed by atoms with Crippen LogP contribution < -0.4 is 5.32 Å². The highest BCUT2D eigenvalue weighted by Gasteiger charge is 2.22. The van der Waals surface area contributed by atoms with E-state index < -0.39 is 0 Å². The second-order valence-corrected chi connectivity index (χ2v) is 5.75. The van der Waals surface area contributed by atoms with Crippen LogP contribution in [0.25, 0.3) is 0 Å². The van der Waals surface area contributed by atoms with E-state index in [1.165, 1.54) is 0 Å². The fraction of sp³-hybridized carbons (Fsp3) is 0.286. The second kappa shape index (κ2) is 6.68. The first-order valence-electron chi connectivity index (χ1n) is 6.05. The van der Waals surface area contributed by atoms with E-state index in [2.05, 4.69) is 44.1 Å². The van der Waals surface area contributed by atoms with E-state index in [9.17, 15) is 4.39 Å². The number of hydrogen-bond donors (Lipinski definition) is 1. The Labute approximate surface area is 128 Å². The smallest absolute Gasteiger partial charge is 0.174 e. The van der Waals surface area contributed by atoms with Crippen LogP contribution in [0.5, 0.6) is 0 Å². The summed E-state index contributed by atoms with van der Waals surface area (Å²) in [6.45, 7) is 2.87. The van der Waals surface area contributed by atoms with Gasteiger partial charge in [-0.3, -0.25) is 0 Å². The van der Waals surface area contributed by atoms with E-state index in [-0.39, 0.29) is 11.9 Å². The third kappa shape index (κ3) is 3.27. The molecule has 2 aromatic rings. The summed E-state index contributed by atoms with van der Waals surface area (Å²) in [4.78, 5) is 0. The molecule has 1 unspecified atom stereocenters. The van der Waals surface area contributed by atoms with Crippen molar-refractivity contribution in [2.45, 2.75) is 19.4 Å². The summed E-state index contributed by atoms with van der Waals surface area (Å²) in [6, 6.07) is 6.92. The van der Waals surface area contributed by atoms with E-state index in [0.717, 1.165) is 18.5 Å². The predicted octanol–water partition coefficient (Wildman–Crippen LogP) is 5.03. The van der Waals surface area contributed by atoms with Crippen molar-refractivity contribution in [3.63, 3.8) is 0 Å². The molecule has 0 aliphatic heterocycles. The lowest BCUT2D eigenvalue weighted by Gasteiger charge is -2.19. The van der Waals surface area contributed by atoms with Gasteiger partial charge in [0.25, 0.3) is 0 Å². The fourth-order valence-electron chi connectivity index (χ4n) is 1.93. The summed E-state index contributed by atoms with van der Waals surface area (Å²) in [7, 11) is 0. The zero-order valence-electron chi connectivity index (χ0n) is 10.4. The van der Waals surface area contributed by atoms with Gasteiger partial charge in [0.1, 0.15) is 5.82 Å². The molecule has 5 heteroatoms. The average molecular weight is 391 g/mol. The van der Waals surface area contributed by atoms with E-state index in [4.69, 9.17) is 4.42 Å². The Morgan fingerprint density at radius 2 is 2.05 bits per heavy atom. The molecule has 102 valence electrons. The first kappa shape index (κ1) is 14.8. The van der Waals surface area contributed by atoms with E-state index in [1.807, 2.05) is 12.1 Å². The van der Waals surface area contributed by atoms with Gasteiger partial charge >= 0.3 is 0 Å². The minimum Gasteiger partial charge on any atom is -0.457 e. The van der Waals surface area contributed by atoms with Crippen molar-refractivity contribution in [1.82, 2.24) is 5.32 Å². The van der Waals surface area contributed by atoms with Gasteiger partial charge in [-0.25, -0.2) is 4.39 Å². The minimum atomic E-state index is -0.246. The van der Waals surface area contributed by atoms with E-state index in [1.54, 1.807) is 18.4 Å². The Hall–Kier alpha value is -0.650. The summed E-state index contributed by atoms with van der Waals surface area (Å²) >= 11 is 6.58. The average Bonchev–Trinajstić information content (AvgIpc) is 2.81. The van der Waals surface area contributed by atoms with Crippen LogP contribution in [0.4, 0.5) is 4.39 Å².